The number of aromatic nitrogens is 3. The molecule has 1 saturated carbocycles. The molecule has 0 unspecified atom stereocenters. The monoisotopic (exact) mass is 216 g/mol. The fourth-order valence-corrected chi connectivity index (χ4v) is 2.45. The van der Waals surface area contributed by atoms with E-state index in [0.29, 0.717) is 12.0 Å². The summed E-state index contributed by atoms with van der Waals surface area (Å²) in [5.41, 5.74) is 7.77. The van der Waals surface area contributed by atoms with Crippen LogP contribution in [0.25, 0.3) is 11.2 Å². The van der Waals surface area contributed by atoms with Gasteiger partial charge in [0.2, 0.25) is 0 Å². The summed E-state index contributed by atoms with van der Waals surface area (Å²) >= 11 is 0. The van der Waals surface area contributed by atoms with Crippen LogP contribution >= 0.6 is 0 Å². The largest absolute Gasteiger partial charge is 0.340 e. The summed E-state index contributed by atoms with van der Waals surface area (Å²) in [4.78, 5) is 12.2. The predicted molar refractivity (Wildman–Crippen MR) is 63.1 cm³/mol. The molecular weight excluding hydrogens is 200 g/mol. The van der Waals surface area contributed by atoms with Crippen LogP contribution in [-0.4, -0.2) is 21.0 Å². The quantitative estimate of drug-likeness (QED) is 0.765. The van der Waals surface area contributed by atoms with Crippen LogP contribution in [-0.2, 0) is 0 Å². The minimum atomic E-state index is 0.388. The lowest BCUT2D eigenvalue weighted by atomic mass is 9.86. The maximum absolute atomic E-state index is 5.91. The number of pyridine rings is 1. The van der Waals surface area contributed by atoms with Crippen molar-refractivity contribution in [3.05, 3.63) is 24.2 Å². The molecule has 0 amide bonds. The minimum absolute atomic E-state index is 0.388. The van der Waals surface area contributed by atoms with Gasteiger partial charge in [0, 0.05) is 18.2 Å². The molecule has 1 fully saturated rings. The number of rotatable bonds is 1. The van der Waals surface area contributed by atoms with E-state index in [2.05, 4.69) is 15.0 Å². The fourth-order valence-electron chi connectivity index (χ4n) is 2.45. The van der Waals surface area contributed by atoms with Crippen molar-refractivity contribution < 1.29 is 0 Å². The van der Waals surface area contributed by atoms with Gasteiger partial charge >= 0.3 is 0 Å². The van der Waals surface area contributed by atoms with Gasteiger partial charge in [-0.3, -0.25) is 0 Å². The normalized spacial score (nSPS) is 26.1. The molecule has 1 aliphatic carbocycles. The van der Waals surface area contributed by atoms with Gasteiger partial charge in [-0.05, 0) is 37.8 Å². The first-order valence-electron chi connectivity index (χ1n) is 5.89. The molecule has 4 heteroatoms. The van der Waals surface area contributed by atoms with Crippen LogP contribution in [0.2, 0.25) is 0 Å². The standard InChI is InChI=1S/C12H16N4/c13-9-5-3-8(4-6-9)11-15-10-2-1-7-14-12(10)16-11/h1-2,7-9H,3-6,13H2,(H,14,15,16). The summed E-state index contributed by atoms with van der Waals surface area (Å²) in [6, 6.07) is 4.34. The summed E-state index contributed by atoms with van der Waals surface area (Å²) in [5, 5.41) is 0. The van der Waals surface area contributed by atoms with Gasteiger partial charge in [-0.2, -0.15) is 0 Å². The maximum Gasteiger partial charge on any atom is 0.177 e. The Morgan fingerprint density at radius 2 is 2.06 bits per heavy atom. The van der Waals surface area contributed by atoms with Gasteiger partial charge in [0.25, 0.3) is 0 Å². The van der Waals surface area contributed by atoms with Crippen LogP contribution in [0.1, 0.15) is 37.4 Å². The number of nitrogens with two attached hydrogens (primary N) is 1. The van der Waals surface area contributed by atoms with Crippen molar-refractivity contribution in [2.45, 2.75) is 37.6 Å². The molecule has 2 aromatic rings. The zero-order valence-electron chi connectivity index (χ0n) is 9.19. The Kier molecular flexibility index (Phi) is 2.36. The zero-order chi connectivity index (χ0) is 11.0. The Labute approximate surface area is 94.3 Å². The molecule has 3 N–H and O–H groups in total. The first kappa shape index (κ1) is 9.78. The van der Waals surface area contributed by atoms with Crippen LogP contribution in [0, 0.1) is 0 Å². The molecule has 0 aromatic carbocycles. The molecule has 0 aliphatic heterocycles. The van der Waals surface area contributed by atoms with E-state index < -0.39 is 0 Å². The highest BCUT2D eigenvalue weighted by Crippen LogP contribution is 2.31. The molecule has 0 spiro atoms. The van der Waals surface area contributed by atoms with Gasteiger partial charge in [-0.25, -0.2) is 9.97 Å². The van der Waals surface area contributed by atoms with Crippen molar-refractivity contribution >= 4 is 11.2 Å². The second-order valence-electron chi connectivity index (χ2n) is 4.61. The average Bonchev–Trinajstić information content (AvgIpc) is 2.73. The molecule has 0 atom stereocenters. The lowest BCUT2D eigenvalue weighted by Gasteiger charge is -2.24. The van der Waals surface area contributed by atoms with E-state index in [1.807, 2.05) is 12.1 Å². The van der Waals surface area contributed by atoms with Crippen molar-refractivity contribution in [3.8, 4) is 0 Å². The molecule has 16 heavy (non-hydrogen) atoms. The van der Waals surface area contributed by atoms with E-state index in [9.17, 15) is 0 Å². The molecule has 3 rings (SSSR count). The molecule has 0 bridgehead atoms. The summed E-state index contributed by atoms with van der Waals surface area (Å²) in [7, 11) is 0. The minimum Gasteiger partial charge on any atom is -0.340 e. The topological polar surface area (TPSA) is 67.6 Å². The smallest absolute Gasteiger partial charge is 0.177 e. The SMILES string of the molecule is NC1CCC(c2nc3ncccc3[nH]2)CC1. The second kappa shape index (κ2) is 3.87. The van der Waals surface area contributed by atoms with E-state index in [1.165, 1.54) is 0 Å². The summed E-state index contributed by atoms with van der Waals surface area (Å²) in [6.45, 7) is 0. The Morgan fingerprint density at radius 1 is 1.25 bits per heavy atom. The number of hydrogen-bond donors (Lipinski definition) is 2. The first-order chi connectivity index (χ1) is 7.83. The van der Waals surface area contributed by atoms with E-state index in [0.717, 1.165) is 42.7 Å². The Hall–Kier alpha value is -1.42. The van der Waals surface area contributed by atoms with E-state index in [-0.39, 0.29) is 0 Å². The Balaban J connectivity index is 1.88. The number of fused-ring (bicyclic) bond motifs is 1. The van der Waals surface area contributed by atoms with E-state index in [4.69, 9.17) is 5.73 Å². The fraction of sp³-hybridized carbons (Fsp3) is 0.500. The molecule has 4 nitrogen and oxygen atoms in total. The summed E-state index contributed by atoms with van der Waals surface area (Å²) in [5.74, 6) is 1.62. The van der Waals surface area contributed by atoms with E-state index >= 15 is 0 Å². The van der Waals surface area contributed by atoms with Crippen molar-refractivity contribution in [1.82, 2.24) is 15.0 Å². The maximum atomic E-state index is 5.91. The number of H-pyrrole nitrogens is 1. The first-order valence-corrected chi connectivity index (χ1v) is 5.89. The van der Waals surface area contributed by atoms with Crippen LogP contribution in [0.3, 0.4) is 0 Å². The summed E-state index contributed by atoms with van der Waals surface area (Å²) in [6.07, 6.45) is 6.27. The molecule has 2 heterocycles. The lowest BCUT2D eigenvalue weighted by molar-refractivity contribution is 0.386. The lowest BCUT2D eigenvalue weighted by Crippen LogP contribution is -2.26. The van der Waals surface area contributed by atoms with Gasteiger partial charge in [-0.15, -0.1) is 0 Å². The zero-order valence-corrected chi connectivity index (χ0v) is 9.19. The second-order valence-corrected chi connectivity index (χ2v) is 4.61. The molecule has 2 aromatic heterocycles. The molecule has 84 valence electrons. The van der Waals surface area contributed by atoms with Crippen LogP contribution in [0.15, 0.2) is 18.3 Å². The van der Waals surface area contributed by atoms with Crippen LogP contribution in [0.4, 0.5) is 0 Å². The highest BCUT2D eigenvalue weighted by Gasteiger charge is 2.22. The number of aromatic amines is 1. The Bertz CT molecular complexity index is 449. The number of nitrogens with zero attached hydrogens (tertiary/aromatic N) is 2. The molecule has 1 aliphatic rings. The third kappa shape index (κ3) is 1.69. The molecular formula is C12H16N4. The number of hydrogen-bond acceptors (Lipinski definition) is 3. The number of imidazole rings is 1. The van der Waals surface area contributed by atoms with Crippen molar-refractivity contribution in [2.75, 3.05) is 0 Å². The third-order valence-corrected chi connectivity index (χ3v) is 3.43. The van der Waals surface area contributed by atoms with Gasteiger partial charge < -0.3 is 10.7 Å². The van der Waals surface area contributed by atoms with Gasteiger partial charge in [0.15, 0.2) is 5.65 Å². The van der Waals surface area contributed by atoms with Gasteiger partial charge in [0.1, 0.15) is 5.82 Å². The van der Waals surface area contributed by atoms with Gasteiger partial charge in [0.05, 0.1) is 5.52 Å². The third-order valence-electron chi connectivity index (χ3n) is 3.43. The van der Waals surface area contributed by atoms with E-state index in [1.54, 1.807) is 6.20 Å². The average molecular weight is 216 g/mol. The van der Waals surface area contributed by atoms with Crippen molar-refractivity contribution in [1.29, 1.82) is 0 Å². The highest BCUT2D eigenvalue weighted by atomic mass is 15.0. The molecule has 0 radical (unpaired) electrons. The highest BCUT2D eigenvalue weighted by molar-refractivity contribution is 5.70. The van der Waals surface area contributed by atoms with Crippen LogP contribution < -0.4 is 5.73 Å². The number of nitrogens with one attached hydrogen (secondary N) is 1. The van der Waals surface area contributed by atoms with Crippen LogP contribution in [0.5, 0.6) is 0 Å². The van der Waals surface area contributed by atoms with Crippen molar-refractivity contribution in [3.63, 3.8) is 0 Å². The summed E-state index contributed by atoms with van der Waals surface area (Å²) < 4.78 is 0. The molecule has 0 saturated heterocycles. The predicted octanol–water partition coefficient (Wildman–Crippen LogP) is 1.94. The van der Waals surface area contributed by atoms with Gasteiger partial charge in [-0.1, -0.05) is 0 Å². The van der Waals surface area contributed by atoms with Crippen molar-refractivity contribution in [2.24, 2.45) is 5.73 Å². The Morgan fingerprint density at radius 3 is 2.81 bits per heavy atom.